The summed E-state index contributed by atoms with van der Waals surface area (Å²) >= 11 is 0. The molecule has 1 aliphatic heterocycles. The molecule has 1 heterocycles. The van der Waals surface area contributed by atoms with Crippen LogP contribution in [0.3, 0.4) is 0 Å². The number of nitrogens with zero attached hydrogens (tertiary/aromatic N) is 1. The van der Waals surface area contributed by atoms with E-state index in [1.54, 1.807) is 0 Å². The van der Waals surface area contributed by atoms with Gasteiger partial charge in [-0.1, -0.05) is 31.2 Å². The number of carboxylic acids is 1. The van der Waals surface area contributed by atoms with Crippen molar-refractivity contribution >= 4 is 11.9 Å². The second-order valence-electron chi connectivity index (χ2n) is 4.81. The highest BCUT2D eigenvalue weighted by atomic mass is 16.4. The van der Waals surface area contributed by atoms with Crippen molar-refractivity contribution < 1.29 is 14.7 Å². The molecule has 2 rings (SSSR count). The molecule has 0 saturated carbocycles. The SMILES string of the molecule is CCC(N)C(=O)N1Cc2ccccc2C[C@@H]1C(=O)O. The second-order valence-corrected chi connectivity index (χ2v) is 4.81. The van der Waals surface area contributed by atoms with Gasteiger partial charge in [-0.25, -0.2) is 4.79 Å². The number of amides is 1. The highest BCUT2D eigenvalue weighted by molar-refractivity contribution is 5.87. The fourth-order valence-electron chi connectivity index (χ4n) is 2.36. The lowest BCUT2D eigenvalue weighted by atomic mass is 9.93. The Balaban J connectivity index is 2.31. The van der Waals surface area contributed by atoms with Crippen molar-refractivity contribution in [1.29, 1.82) is 0 Å². The van der Waals surface area contributed by atoms with E-state index >= 15 is 0 Å². The van der Waals surface area contributed by atoms with Gasteiger partial charge in [0.1, 0.15) is 6.04 Å². The van der Waals surface area contributed by atoms with Gasteiger partial charge in [-0.05, 0) is 17.5 Å². The van der Waals surface area contributed by atoms with Gasteiger partial charge in [-0.3, -0.25) is 4.79 Å². The van der Waals surface area contributed by atoms with Crippen LogP contribution in [0.25, 0.3) is 0 Å². The Morgan fingerprint density at radius 1 is 1.42 bits per heavy atom. The number of hydrogen-bond acceptors (Lipinski definition) is 3. The summed E-state index contributed by atoms with van der Waals surface area (Å²) in [6.45, 7) is 2.13. The van der Waals surface area contributed by atoms with E-state index in [-0.39, 0.29) is 5.91 Å². The third-order valence-electron chi connectivity index (χ3n) is 3.57. The van der Waals surface area contributed by atoms with Crippen molar-refractivity contribution in [2.24, 2.45) is 5.73 Å². The lowest BCUT2D eigenvalue weighted by molar-refractivity contribution is -0.152. The summed E-state index contributed by atoms with van der Waals surface area (Å²) in [6, 6.07) is 6.15. The van der Waals surface area contributed by atoms with Crippen molar-refractivity contribution in [3.63, 3.8) is 0 Å². The van der Waals surface area contributed by atoms with Crippen LogP contribution in [-0.2, 0) is 22.6 Å². The molecule has 3 N–H and O–H groups in total. The van der Waals surface area contributed by atoms with Gasteiger partial charge >= 0.3 is 5.97 Å². The molecule has 1 unspecified atom stereocenters. The standard InChI is InChI=1S/C14H18N2O3/c1-2-11(15)13(17)16-8-10-6-4-3-5-9(10)7-12(16)14(18)19/h3-6,11-12H,2,7-8,15H2,1H3,(H,18,19)/t11?,12-/m1/s1. The molecule has 1 aliphatic rings. The molecular weight excluding hydrogens is 244 g/mol. The van der Waals surface area contributed by atoms with E-state index in [9.17, 15) is 14.7 Å². The first-order valence-electron chi connectivity index (χ1n) is 6.40. The average molecular weight is 262 g/mol. The summed E-state index contributed by atoms with van der Waals surface area (Å²) in [5.74, 6) is -1.27. The molecule has 0 saturated heterocycles. The lowest BCUT2D eigenvalue weighted by Gasteiger charge is -2.35. The van der Waals surface area contributed by atoms with Crippen LogP contribution in [0.1, 0.15) is 24.5 Å². The van der Waals surface area contributed by atoms with Gasteiger partial charge < -0.3 is 15.7 Å². The molecule has 0 fully saturated rings. The molecule has 0 bridgehead atoms. The van der Waals surface area contributed by atoms with Crippen LogP contribution >= 0.6 is 0 Å². The summed E-state index contributed by atoms with van der Waals surface area (Å²) in [5.41, 5.74) is 7.73. The Morgan fingerprint density at radius 2 is 2.05 bits per heavy atom. The fourth-order valence-corrected chi connectivity index (χ4v) is 2.36. The molecule has 1 amide bonds. The average Bonchev–Trinajstić information content (AvgIpc) is 2.44. The van der Waals surface area contributed by atoms with Crippen LogP contribution in [-0.4, -0.2) is 34.0 Å². The second kappa shape index (κ2) is 5.40. The smallest absolute Gasteiger partial charge is 0.326 e. The maximum Gasteiger partial charge on any atom is 0.326 e. The molecule has 5 nitrogen and oxygen atoms in total. The molecule has 0 spiro atoms. The predicted molar refractivity (Wildman–Crippen MR) is 70.4 cm³/mol. The Hall–Kier alpha value is -1.88. The number of fused-ring (bicyclic) bond motifs is 1. The number of nitrogens with two attached hydrogens (primary N) is 1. The van der Waals surface area contributed by atoms with Crippen molar-refractivity contribution in [1.82, 2.24) is 4.90 Å². The zero-order valence-corrected chi connectivity index (χ0v) is 10.9. The third-order valence-corrected chi connectivity index (χ3v) is 3.57. The van der Waals surface area contributed by atoms with E-state index in [0.29, 0.717) is 19.4 Å². The van der Waals surface area contributed by atoms with E-state index in [4.69, 9.17) is 5.73 Å². The molecule has 0 radical (unpaired) electrons. The van der Waals surface area contributed by atoms with Crippen LogP contribution in [0.2, 0.25) is 0 Å². The van der Waals surface area contributed by atoms with Crippen molar-refractivity contribution in [3.05, 3.63) is 35.4 Å². The topological polar surface area (TPSA) is 83.6 Å². The first-order chi connectivity index (χ1) is 9.04. The Labute approximate surface area is 112 Å². The Kier molecular flexibility index (Phi) is 3.85. The van der Waals surface area contributed by atoms with Crippen LogP contribution in [0.4, 0.5) is 0 Å². The number of aliphatic carboxylic acids is 1. The van der Waals surface area contributed by atoms with Crippen LogP contribution in [0.15, 0.2) is 24.3 Å². The lowest BCUT2D eigenvalue weighted by Crippen LogP contribution is -2.53. The summed E-state index contributed by atoms with van der Waals surface area (Å²) in [7, 11) is 0. The molecule has 1 aromatic carbocycles. The summed E-state index contributed by atoms with van der Waals surface area (Å²) < 4.78 is 0. The molecule has 5 heteroatoms. The number of rotatable bonds is 3. The first-order valence-corrected chi connectivity index (χ1v) is 6.40. The van der Waals surface area contributed by atoms with Gasteiger partial charge in [0, 0.05) is 13.0 Å². The Bertz CT molecular complexity index is 501. The Morgan fingerprint density at radius 3 is 2.63 bits per heavy atom. The van der Waals surface area contributed by atoms with Gasteiger partial charge in [-0.2, -0.15) is 0 Å². The highest BCUT2D eigenvalue weighted by Gasteiger charge is 2.35. The van der Waals surface area contributed by atoms with Crippen molar-refractivity contribution in [2.45, 2.75) is 38.4 Å². The van der Waals surface area contributed by atoms with Crippen LogP contribution in [0.5, 0.6) is 0 Å². The first kappa shape index (κ1) is 13.5. The zero-order valence-electron chi connectivity index (χ0n) is 10.9. The molecular formula is C14H18N2O3. The summed E-state index contributed by atoms with van der Waals surface area (Å²) in [5, 5.41) is 9.30. The van der Waals surface area contributed by atoms with Crippen molar-refractivity contribution in [2.75, 3.05) is 0 Å². The van der Waals surface area contributed by atoms with Crippen LogP contribution in [0, 0.1) is 0 Å². The molecule has 0 aromatic heterocycles. The summed E-state index contributed by atoms with van der Waals surface area (Å²) in [6.07, 6.45) is 0.844. The van der Waals surface area contributed by atoms with E-state index in [1.807, 2.05) is 31.2 Å². The minimum absolute atomic E-state index is 0.288. The molecule has 0 aliphatic carbocycles. The minimum Gasteiger partial charge on any atom is -0.480 e. The number of carboxylic acid groups (broad SMARTS) is 1. The number of benzene rings is 1. The van der Waals surface area contributed by atoms with Gasteiger partial charge in [0.2, 0.25) is 5.91 Å². The zero-order chi connectivity index (χ0) is 14.0. The van der Waals surface area contributed by atoms with E-state index in [2.05, 4.69) is 0 Å². The predicted octanol–water partition coefficient (Wildman–Crippen LogP) is 0.762. The maximum absolute atomic E-state index is 12.2. The number of carbonyl (C=O) groups is 2. The number of carbonyl (C=O) groups excluding carboxylic acids is 1. The van der Waals surface area contributed by atoms with Crippen LogP contribution < -0.4 is 5.73 Å². The maximum atomic E-state index is 12.2. The van der Waals surface area contributed by atoms with Gasteiger partial charge in [-0.15, -0.1) is 0 Å². The summed E-state index contributed by atoms with van der Waals surface area (Å²) in [4.78, 5) is 24.9. The minimum atomic E-state index is -0.980. The third kappa shape index (κ3) is 2.61. The van der Waals surface area contributed by atoms with Gasteiger partial charge in [0.15, 0.2) is 0 Å². The largest absolute Gasteiger partial charge is 0.480 e. The highest BCUT2D eigenvalue weighted by Crippen LogP contribution is 2.24. The molecule has 19 heavy (non-hydrogen) atoms. The quantitative estimate of drug-likeness (QED) is 0.842. The van der Waals surface area contributed by atoms with Gasteiger partial charge in [0.05, 0.1) is 6.04 Å². The van der Waals surface area contributed by atoms with E-state index < -0.39 is 18.1 Å². The van der Waals surface area contributed by atoms with Gasteiger partial charge in [0.25, 0.3) is 0 Å². The fraction of sp³-hybridized carbons (Fsp3) is 0.429. The van der Waals surface area contributed by atoms with Crippen molar-refractivity contribution in [3.8, 4) is 0 Å². The monoisotopic (exact) mass is 262 g/mol. The number of hydrogen-bond donors (Lipinski definition) is 2. The molecule has 1 aromatic rings. The normalized spacial score (nSPS) is 19.7. The molecule has 2 atom stereocenters. The van der Waals surface area contributed by atoms with E-state index in [0.717, 1.165) is 11.1 Å². The molecule has 102 valence electrons. The van der Waals surface area contributed by atoms with E-state index in [1.165, 1.54) is 4.90 Å².